The summed E-state index contributed by atoms with van der Waals surface area (Å²) in [6.45, 7) is 0. The molecule has 0 spiro atoms. The van der Waals surface area contributed by atoms with E-state index in [1.54, 1.807) is 0 Å². The van der Waals surface area contributed by atoms with Gasteiger partial charge in [-0.1, -0.05) is 0 Å². The Balaban J connectivity index is 1.73. The molecule has 1 aliphatic heterocycles. The van der Waals surface area contributed by atoms with Crippen LogP contribution >= 0.6 is 0 Å². The lowest BCUT2D eigenvalue weighted by atomic mass is 10.1. The molecule has 6 heteroatoms. The van der Waals surface area contributed by atoms with Crippen LogP contribution in [0.1, 0.15) is 6.42 Å². The van der Waals surface area contributed by atoms with E-state index in [4.69, 9.17) is 9.47 Å². The Bertz CT molecular complexity index is 390. The van der Waals surface area contributed by atoms with Gasteiger partial charge in [0.05, 0.1) is 26.3 Å². The van der Waals surface area contributed by atoms with Gasteiger partial charge in [0.25, 0.3) is 0 Å². The highest BCUT2D eigenvalue weighted by molar-refractivity contribution is 5.77. The van der Waals surface area contributed by atoms with Crippen molar-refractivity contribution >= 4 is 12.2 Å². The first-order chi connectivity index (χ1) is 8.20. The SMILES string of the molecule is COC(=O)N1C2C3CC4C2C4C3N1C(=O)OC. The number of amides is 2. The van der Waals surface area contributed by atoms with Crippen LogP contribution in [0.15, 0.2) is 0 Å². The largest absolute Gasteiger partial charge is 0.452 e. The van der Waals surface area contributed by atoms with Gasteiger partial charge in [-0.25, -0.2) is 19.6 Å². The van der Waals surface area contributed by atoms with Crippen LogP contribution in [-0.4, -0.2) is 48.5 Å². The minimum Gasteiger partial charge on any atom is -0.452 e. The van der Waals surface area contributed by atoms with Gasteiger partial charge in [-0.3, -0.25) is 0 Å². The van der Waals surface area contributed by atoms with Crippen LogP contribution in [0.4, 0.5) is 9.59 Å². The lowest BCUT2D eigenvalue weighted by molar-refractivity contribution is -0.0331. The molecule has 4 aliphatic carbocycles. The third-order valence-corrected chi connectivity index (χ3v) is 5.02. The van der Waals surface area contributed by atoms with Gasteiger partial charge >= 0.3 is 12.2 Å². The summed E-state index contributed by atoms with van der Waals surface area (Å²) in [6.07, 6.45) is 0.254. The van der Waals surface area contributed by atoms with Gasteiger partial charge < -0.3 is 9.47 Å². The molecule has 0 radical (unpaired) electrons. The molecular formula is C11H14N2O4. The summed E-state index contributed by atoms with van der Waals surface area (Å²) in [5, 5.41) is 2.99. The first-order valence-electron chi connectivity index (χ1n) is 5.95. The van der Waals surface area contributed by atoms with E-state index < -0.39 is 12.2 Å². The maximum atomic E-state index is 11.8. The number of hydrogen-bond acceptors (Lipinski definition) is 4. The van der Waals surface area contributed by atoms with Crippen molar-refractivity contribution in [3.05, 3.63) is 0 Å². The normalized spacial score (nSPS) is 47.4. The van der Waals surface area contributed by atoms with Gasteiger partial charge in [0.2, 0.25) is 0 Å². The lowest BCUT2D eigenvalue weighted by Gasteiger charge is -2.35. The first kappa shape index (κ1) is 9.56. The molecule has 0 N–H and O–H groups in total. The summed E-state index contributed by atoms with van der Waals surface area (Å²) < 4.78 is 9.57. The van der Waals surface area contributed by atoms with Gasteiger partial charge in [-0.15, -0.1) is 0 Å². The zero-order valence-corrected chi connectivity index (χ0v) is 9.70. The molecule has 0 aromatic heterocycles. The molecule has 0 aromatic carbocycles. The van der Waals surface area contributed by atoms with E-state index in [1.165, 1.54) is 24.2 Å². The molecule has 4 saturated carbocycles. The predicted octanol–water partition coefficient (Wildman–Crippen LogP) is 0.685. The molecule has 5 rings (SSSR count). The summed E-state index contributed by atoms with van der Waals surface area (Å²) in [4.78, 5) is 23.6. The van der Waals surface area contributed by atoms with Crippen molar-refractivity contribution in [2.75, 3.05) is 14.2 Å². The van der Waals surface area contributed by atoms with Crippen LogP contribution in [0.3, 0.4) is 0 Å². The Morgan fingerprint density at radius 1 is 0.941 bits per heavy atom. The second-order valence-electron chi connectivity index (χ2n) is 5.33. The fourth-order valence-electron chi connectivity index (χ4n) is 4.65. The van der Waals surface area contributed by atoms with Gasteiger partial charge in [-0.05, 0) is 24.2 Å². The number of hydrogen-bond donors (Lipinski definition) is 0. The number of rotatable bonds is 0. The van der Waals surface area contributed by atoms with Gasteiger partial charge in [0.1, 0.15) is 0 Å². The molecule has 0 aromatic rings. The maximum Gasteiger partial charge on any atom is 0.428 e. The van der Waals surface area contributed by atoms with Gasteiger partial charge in [0.15, 0.2) is 0 Å². The number of carbonyl (C=O) groups excluding carboxylic acids is 2. The van der Waals surface area contributed by atoms with Crippen molar-refractivity contribution in [2.24, 2.45) is 23.7 Å². The quantitative estimate of drug-likeness (QED) is 0.623. The highest BCUT2D eigenvalue weighted by atomic mass is 16.6. The Labute approximate surface area is 98.4 Å². The predicted molar refractivity (Wildman–Crippen MR) is 54.6 cm³/mol. The fraction of sp³-hybridized carbons (Fsp3) is 0.818. The number of methoxy groups -OCH3 is 2. The minimum absolute atomic E-state index is 0.168. The Kier molecular flexibility index (Phi) is 1.51. The standard InChI is InChI=1S/C11H14N2O4/c1-16-10(14)12-8-5-3-4-6(8)7(4)9(5)13(12)11(15)17-2/h4-9H,3H2,1-2H3. The Hall–Kier alpha value is -1.46. The molecule has 6 bridgehead atoms. The van der Waals surface area contributed by atoms with Crippen molar-refractivity contribution < 1.29 is 19.1 Å². The monoisotopic (exact) mass is 238 g/mol. The van der Waals surface area contributed by atoms with Crippen molar-refractivity contribution in [1.82, 2.24) is 10.0 Å². The second-order valence-corrected chi connectivity index (χ2v) is 5.33. The van der Waals surface area contributed by atoms with Gasteiger partial charge in [-0.2, -0.15) is 0 Å². The second kappa shape index (κ2) is 2.68. The number of carbonyl (C=O) groups is 2. The van der Waals surface area contributed by atoms with Crippen molar-refractivity contribution in [3.8, 4) is 0 Å². The molecule has 1 saturated heterocycles. The van der Waals surface area contributed by atoms with Crippen LogP contribution in [0.2, 0.25) is 0 Å². The Morgan fingerprint density at radius 2 is 1.41 bits per heavy atom. The van der Waals surface area contributed by atoms with Gasteiger partial charge in [0, 0.05) is 5.92 Å². The highest BCUT2D eigenvalue weighted by Gasteiger charge is 2.82. The van der Waals surface area contributed by atoms with Crippen LogP contribution in [0, 0.1) is 23.7 Å². The van der Waals surface area contributed by atoms with Crippen LogP contribution in [0.5, 0.6) is 0 Å². The van der Waals surface area contributed by atoms with Crippen molar-refractivity contribution in [1.29, 1.82) is 0 Å². The smallest absolute Gasteiger partial charge is 0.428 e. The van der Waals surface area contributed by atoms with E-state index in [0.717, 1.165) is 12.3 Å². The molecule has 5 fully saturated rings. The molecule has 17 heavy (non-hydrogen) atoms. The zero-order valence-electron chi connectivity index (χ0n) is 9.70. The summed E-state index contributed by atoms with van der Waals surface area (Å²) in [6, 6.07) is 0.336. The number of ether oxygens (including phenoxy) is 2. The van der Waals surface area contributed by atoms with E-state index in [2.05, 4.69) is 0 Å². The topological polar surface area (TPSA) is 59.1 Å². The van der Waals surface area contributed by atoms with Crippen molar-refractivity contribution in [2.45, 2.75) is 18.5 Å². The molecule has 4 unspecified atom stereocenters. The first-order valence-corrected chi connectivity index (χ1v) is 5.95. The van der Waals surface area contributed by atoms with E-state index >= 15 is 0 Å². The lowest BCUT2D eigenvalue weighted by Crippen LogP contribution is -2.54. The van der Waals surface area contributed by atoms with E-state index in [9.17, 15) is 9.59 Å². The third-order valence-electron chi connectivity index (χ3n) is 5.02. The highest BCUT2D eigenvalue weighted by Crippen LogP contribution is 2.76. The van der Waals surface area contributed by atoms with E-state index in [0.29, 0.717) is 17.8 Å². The molecule has 2 amide bonds. The average molecular weight is 238 g/mol. The zero-order chi connectivity index (χ0) is 11.9. The summed E-state index contributed by atoms with van der Waals surface area (Å²) in [7, 11) is 2.69. The Morgan fingerprint density at radius 3 is 1.76 bits per heavy atom. The van der Waals surface area contributed by atoms with Crippen LogP contribution in [-0.2, 0) is 9.47 Å². The molecule has 92 valence electrons. The number of hydrazine groups is 1. The van der Waals surface area contributed by atoms with Crippen LogP contribution < -0.4 is 0 Å². The molecular weight excluding hydrogens is 224 g/mol. The summed E-state index contributed by atoms with van der Waals surface area (Å²) in [5.41, 5.74) is 0. The molecule has 6 nitrogen and oxygen atoms in total. The van der Waals surface area contributed by atoms with Crippen molar-refractivity contribution in [3.63, 3.8) is 0 Å². The van der Waals surface area contributed by atoms with E-state index in [-0.39, 0.29) is 12.1 Å². The molecule has 4 atom stereocenters. The third kappa shape index (κ3) is 0.828. The molecule has 1 heterocycles. The maximum absolute atomic E-state index is 11.8. The molecule has 5 aliphatic rings. The summed E-state index contributed by atoms with van der Waals surface area (Å²) in [5.74, 6) is 2.36. The average Bonchev–Trinajstić information content (AvgIpc) is 2.75. The fourth-order valence-corrected chi connectivity index (χ4v) is 4.65. The summed E-state index contributed by atoms with van der Waals surface area (Å²) >= 11 is 0. The minimum atomic E-state index is -0.445. The van der Waals surface area contributed by atoms with E-state index in [1.807, 2.05) is 0 Å². The number of nitrogens with zero attached hydrogens (tertiary/aromatic N) is 2. The van der Waals surface area contributed by atoms with Crippen LogP contribution in [0.25, 0.3) is 0 Å².